The smallest absolute Gasteiger partial charge is 0.241 e. The van der Waals surface area contributed by atoms with Crippen LogP contribution in [0.5, 0.6) is 0 Å². The normalized spacial score (nSPS) is 21.9. The molecular formula is C16H17ClN4O2S. The molecule has 1 aromatic rings. The summed E-state index contributed by atoms with van der Waals surface area (Å²) >= 11 is 11.5. The summed E-state index contributed by atoms with van der Waals surface area (Å²) in [6.07, 6.45) is -0.522. The molecule has 2 heterocycles. The van der Waals surface area contributed by atoms with Gasteiger partial charge < -0.3 is 0 Å². The molecule has 24 heavy (non-hydrogen) atoms. The highest BCUT2D eigenvalue weighted by Crippen LogP contribution is 2.42. The highest BCUT2D eigenvalue weighted by molar-refractivity contribution is 7.80. The van der Waals surface area contributed by atoms with Gasteiger partial charge in [-0.15, -0.1) is 0 Å². The summed E-state index contributed by atoms with van der Waals surface area (Å²) in [4.78, 5) is 27.5. The van der Waals surface area contributed by atoms with Crippen molar-refractivity contribution in [1.29, 1.82) is 0 Å². The van der Waals surface area contributed by atoms with E-state index >= 15 is 0 Å². The Morgan fingerprint density at radius 3 is 2.25 bits per heavy atom. The maximum absolute atomic E-state index is 12.1. The summed E-state index contributed by atoms with van der Waals surface area (Å²) < 4.78 is 0. The van der Waals surface area contributed by atoms with E-state index in [0.29, 0.717) is 16.0 Å². The fraction of sp³-hybridized carbons (Fsp3) is 0.375. The van der Waals surface area contributed by atoms with Crippen molar-refractivity contribution in [2.75, 3.05) is 0 Å². The fourth-order valence-electron chi connectivity index (χ4n) is 3.19. The topological polar surface area (TPSA) is 56.2 Å². The van der Waals surface area contributed by atoms with E-state index in [-0.39, 0.29) is 11.8 Å². The van der Waals surface area contributed by atoms with Crippen LogP contribution in [0.15, 0.2) is 29.4 Å². The number of nitrogens with zero attached hydrogens (tertiary/aromatic N) is 4. The summed E-state index contributed by atoms with van der Waals surface area (Å²) in [5.74, 6) is 0.217. The third kappa shape index (κ3) is 2.31. The van der Waals surface area contributed by atoms with Crippen molar-refractivity contribution >= 4 is 46.6 Å². The standard InChI is InChI=1S/C16H17ClN4O2S/c1-9(22)20-15(24)19-13(11-5-7-12(17)8-6-11)21(10(2)23)18-14(19)16(20,3)4/h5-8,13H,1-4H3. The van der Waals surface area contributed by atoms with Gasteiger partial charge in [-0.1, -0.05) is 23.7 Å². The molecule has 0 N–H and O–H groups in total. The van der Waals surface area contributed by atoms with E-state index in [9.17, 15) is 9.59 Å². The molecule has 0 radical (unpaired) electrons. The first-order valence-corrected chi connectivity index (χ1v) is 8.23. The number of hydrogen-bond acceptors (Lipinski definition) is 4. The molecule has 2 amide bonds. The molecule has 1 atom stereocenters. The van der Waals surface area contributed by atoms with Crippen LogP contribution in [-0.4, -0.2) is 43.1 Å². The number of carbonyl (C=O) groups is 2. The summed E-state index contributed by atoms with van der Waals surface area (Å²) in [5.41, 5.74) is 0.0922. The van der Waals surface area contributed by atoms with Gasteiger partial charge in [-0.05, 0) is 43.8 Å². The van der Waals surface area contributed by atoms with Crippen molar-refractivity contribution in [2.45, 2.75) is 39.4 Å². The van der Waals surface area contributed by atoms with E-state index in [1.54, 1.807) is 17.0 Å². The van der Waals surface area contributed by atoms with Crippen molar-refractivity contribution in [3.05, 3.63) is 34.9 Å². The molecular weight excluding hydrogens is 348 g/mol. The Labute approximate surface area is 150 Å². The van der Waals surface area contributed by atoms with Crippen molar-refractivity contribution in [3.63, 3.8) is 0 Å². The summed E-state index contributed by atoms with van der Waals surface area (Å²) in [6.45, 7) is 6.65. The van der Waals surface area contributed by atoms with Crippen molar-refractivity contribution in [2.24, 2.45) is 5.10 Å². The van der Waals surface area contributed by atoms with Crippen molar-refractivity contribution in [3.8, 4) is 0 Å². The number of fused-ring (bicyclic) bond motifs is 1. The zero-order chi connectivity index (χ0) is 17.8. The van der Waals surface area contributed by atoms with Crippen LogP contribution < -0.4 is 0 Å². The van der Waals surface area contributed by atoms with Gasteiger partial charge in [0.1, 0.15) is 5.54 Å². The van der Waals surface area contributed by atoms with Crippen LogP contribution in [-0.2, 0) is 9.59 Å². The second-order valence-corrected chi connectivity index (χ2v) is 7.08. The molecule has 8 heteroatoms. The maximum atomic E-state index is 12.1. The fourth-order valence-corrected chi connectivity index (χ4v) is 3.85. The predicted octanol–water partition coefficient (Wildman–Crippen LogP) is 2.74. The van der Waals surface area contributed by atoms with Gasteiger partial charge in [0.25, 0.3) is 0 Å². The average Bonchev–Trinajstić information content (AvgIpc) is 2.96. The molecule has 0 bridgehead atoms. The average molecular weight is 365 g/mol. The minimum atomic E-state index is -0.724. The van der Waals surface area contributed by atoms with E-state index in [2.05, 4.69) is 5.10 Å². The minimum Gasteiger partial charge on any atom is -0.276 e. The van der Waals surface area contributed by atoms with E-state index in [4.69, 9.17) is 23.8 Å². The number of hydrogen-bond donors (Lipinski definition) is 0. The Balaban J connectivity index is 2.14. The molecule has 6 nitrogen and oxygen atoms in total. The molecule has 0 saturated carbocycles. The molecule has 2 aliphatic rings. The lowest BCUT2D eigenvalue weighted by Gasteiger charge is -2.30. The van der Waals surface area contributed by atoms with E-state index < -0.39 is 11.7 Å². The van der Waals surface area contributed by atoms with Gasteiger partial charge >= 0.3 is 0 Å². The van der Waals surface area contributed by atoms with Crippen LogP contribution in [0.25, 0.3) is 0 Å². The van der Waals surface area contributed by atoms with Gasteiger partial charge in [0.15, 0.2) is 17.1 Å². The zero-order valence-electron chi connectivity index (χ0n) is 13.8. The predicted molar refractivity (Wildman–Crippen MR) is 95.2 cm³/mol. The van der Waals surface area contributed by atoms with Crippen LogP contribution in [0.1, 0.15) is 39.4 Å². The summed E-state index contributed by atoms with van der Waals surface area (Å²) in [6, 6.07) is 7.15. The highest BCUT2D eigenvalue weighted by atomic mass is 35.5. The Hall–Kier alpha value is -1.99. The lowest BCUT2D eigenvalue weighted by Crippen LogP contribution is -2.47. The van der Waals surface area contributed by atoms with Gasteiger partial charge in [-0.25, -0.2) is 5.01 Å². The highest BCUT2D eigenvalue weighted by Gasteiger charge is 2.56. The van der Waals surface area contributed by atoms with Crippen molar-refractivity contribution < 1.29 is 9.59 Å². The Morgan fingerprint density at radius 1 is 1.17 bits per heavy atom. The zero-order valence-corrected chi connectivity index (χ0v) is 15.4. The number of rotatable bonds is 1. The SMILES string of the molecule is CC(=O)N1N=C2N(C(=S)N(C(C)=O)C2(C)C)C1c1ccc(Cl)cc1. The third-order valence-corrected chi connectivity index (χ3v) is 4.85. The lowest BCUT2D eigenvalue weighted by atomic mass is 10.0. The molecule has 1 saturated heterocycles. The van der Waals surface area contributed by atoms with Crippen LogP contribution in [0, 0.1) is 0 Å². The molecule has 2 aliphatic heterocycles. The van der Waals surface area contributed by atoms with Crippen molar-refractivity contribution in [1.82, 2.24) is 14.8 Å². The van der Waals surface area contributed by atoms with Gasteiger partial charge in [-0.3, -0.25) is 19.4 Å². The van der Waals surface area contributed by atoms with Crippen LogP contribution in [0.4, 0.5) is 0 Å². The molecule has 1 aromatic carbocycles. The molecule has 1 fully saturated rings. The monoisotopic (exact) mass is 364 g/mol. The Kier molecular flexibility index (Phi) is 3.88. The molecule has 1 unspecified atom stereocenters. The second-order valence-electron chi connectivity index (χ2n) is 6.28. The van der Waals surface area contributed by atoms with Crippen LogP contribution in [0.3, 0.4) is 0 Å². The van der Waals surface area contributed by atoms with Gasteiger partial charge in [0.2, 0.25) is 11.8 Å². The number of thiocarbonyl (C=S) groups is 1. The Morgan fingerprint density at radius 2 is 1.75 bits per heavy atom. The Bertz CT molecular complexity index is 775. The van der Waals surface area contributed by atoms with Crippen LogP contribution in [0.2, 0.25) is 5.02 Å². The van der Waals surface area contributed by atoms with Gasteiger partial charge in [0, 0.05) is 18.9 Å². The first-order valence-electron chi connectivity index (χ1n) is 7.44. The number of benzene rings is 1. The lowest BCUT2D eigenvalue weighted by molar-refractivity contribution is -0.132. The molecule has 0 aliphatic carbocycles. The molecule has 3 rings (SSSR count). The first-order chi connectivity index (χ1) is 11.2. The number of carbonyl (C=O) groups excluding carboxylic acids is 2. The summed E-state index contributed by atoms with van der Waals surface area (Å²) in [5, 5.41) is 6.81. The molecule has 126 valence electrons. The number of amidine groups is 1. The largest absolute Gasteiger partial charge is 0.276 e. The van der Waals surface area contributed by atoms with Gasteiger partial charge in [0.05, 0.1) is 0 Å². The quantitative estimate of drug-likeness (QED) is 0.719. The van der Waals surface area contributed by atoms with E-state index in [0.717, 1.165) is 5.56 Å². The number of halogens is 1. The minimum absolute atomic E-state index is 0.161. The molecule has 0 spiro atoms. The van der Waals surface area contributed by atoms with Gasteiger partial charge in [-0.2, -0.15) is 5.10 Å². The third-order valence-electron chi connectivity index (χ3n) is 4.22. The van der Waals surface area contributed by atoms with E-state index in [1.165, 1.54) is 23.8 Å². The molecule has 0 aromatic heterocycles. The number of hydrazone groups is 1. The summed E-state index contributed by atoms with van der Waals surface area (Å²) in [7, 11) is 0. The first kappa shape index (κ1) is 16.9. The second kappa shape index (κ2) is 5.53. The van der Waals surface area contributed by atoms with Crippen LogP contribution >= 0.6 is 23.8 Å². The van der Waals surface area contributed by atoms with E-state index in [1.807, 2.05) is 26.0 Å². The number of amides is 2. The maximum Gasteiger partial charge on any atom is 0.241 e.